The van der Waals surface area contributed by atoms with Crippen molar-refractivity contribution in [3.05, 3.63) is 29.3 Å². The van der Waals surface area contributed by atoms with Gasteiger partial charge in [0.05, 0.1) is 13.1 Å². The van der Waals surface area contributed by atoms with E-state index in [0.717, 1.165) is 51.1 Å². The van der Waals surface area contributed by atoms with E-state index in [0.29, 0.717) is 13.1 Å². The summed E-state index contributed by atoms with van der Waals surface area (Å²) in [5.41, 5.74) is 3.49. The van der Waals surface area contributed by atoms with Gasteiger partial charge in [-0.1, -0.05) is 6.07 Å². The SMILES string of the molecule is CC(C)(C)NC(=O)CN1CCCN(CC(=O)Nc2ccc3c(c2)CCC3)CC1. The molecule has 154 valence electrons. The van der Waals surface area contributed by atoms with Gasteiger partial charge in [0, 0.05) is 24.3 Å². The Labute approximate surface area is 168 Å². The standard InChI is InChI=1S/C22H34N4O2/c1-22(2,3)24-21(28)16-26-11-5-10-25(12-13-26)15-20(27)23-19-9-8-17-6-4-7-18(17)14-19/h8-9,14H,4-7,10-13,15-16H2,1-3H3,(H,23,27)(H,24,28). The Hall–Kier alpha value is -1.92. The lowest BCUT2D eigenvalue weighted by Crippen LogP contribution is -2.46. The molecule has 0 aromatic heterocycles. The van der Waals surface area contributed by atoms with Crippen molar-refractivity contribution in [3.63, 3.8) is 0 Å². The molecule has 0 radical (unpaired) electrons. The van der Waals surface area contributed by atoms with Crippen molar-refractivity contribution in [2.24, 2.45) is 0 Å². The highest BCUT2D eigenvalue weighted by Gasteiger charge is 2.21. The number of carbonyl (C=O) groups is 2. The normalized spacial score (nSPS) is 18.4. The average molecular weight is 387 g/mol. The summed E-state index contributed by atoms with van der Waals surface area (Å²) in [6.45, 7) is 10.2. The van der Waals surface area contributed by atoms with Gasteiger partial charge < -0.3 is 10.6 Å². The van der Waals surface area contributed by atoms with Gasteiger partial charge in [0.15, 0.2) is 0 Å². The van der Waals surface area contributed by atoms with Gasteiger partial charge in [0.2, 0.25) is 11.8 Å². The third-order valence-corrected chi connectivity index (χ3v) is 5.31. The van der Waals surface area contributed by atoms with Crippen LogP contribution < -0.4 is 10.6 Å². The third-order valence-electron chi connectivity index (χ3n) is 5.31. The number of hydrogen-bond donors (Lipinski definition) is 2. The van der Waals surface area contributed by atoms with Gasteiger partial charge in [-0.15, -0.1) is 0 Å². The van der Waals surface area contributed by atoms with E-state index in [1.807, 2.05) is 26.8 Å². The average Bonchev–Trinajstić information content (AvgIpc) is 2.94. The van der Waals surface area contributed by atoms with Gasteiger partial charge in [-0.25, -0.2) is 0 Å². The Kier molecular flexibility index (Phi) is 6.73. The molecule has 1 saturated heterocycles. The lowest BCUT2D eigenvalue weighted by Gasteiger charge is -2.25. The Bertz CT molecular complexity index is 711. The molecule has 6 nitrogen and oxygen atoms in total. The lowest BCUT2D eigenvalue weighted by molar-refractivity contribution is -0.123. The number of aryl methyl sites for hydroxylation is 2. The van der Waals surface area contributed by atoms with Crippen molar-refractivity contribution in [2.45, 2.75) is 52.0 Å². The first-order valence-corrected chi connectivity index (χ1v) is 10.5. The molecule has 1 aromatic rings. The van der Waals surface area contributed by atoms with Gasteiger partial charge in [0.1, 0.15) is 0 Å². The van der Waals surface area contributed by atoms with Gasteiger partial charge in [0.25, 0.3) is 0 Å². The topological polar surface area (TPSA) is 64.7 Å². The molecule has 0 atom stereocenters. The Morgan fingerprint density at radius 1 is 0.893 bits per heavy atom. The molecular formula is C22H34N4O2. The number of fused-ring (bicyclic) bond motifs is 1. The number of nitrogens with zero attached hydrogens (tertiary/aromatic N) is 2. The number of amides is 2. The van der Waals surface area contributed by atoms with Crippen LogP contribution in [0.5, 0.6) is 0 Å². The molecule has 3 rings (SSSR count). The zero-order chi connectivity index (χ0) is 20.1. The first-order valence-electron chi connectivity index (χ1n) is 10.5. The molecule has 1 aromatic carbocycles. The molecule has 1 aliphatic carbocycles. The van der Waals surface area contributed by atoms with E-state index >= 15 is 0 Å². The first-order chi connectivity index (χ1) is 13.3. The first kappa shape index (κ1) is 20.8. The van der Waals surface area contributed by atoms with Crippen LogP contribution in [0.4, 0.5) is 5.69 Å². The molecule has 2 N–H and O–H groups in total. The molecule has 0 bridgehead atoms. The predicted octanol–water partition coefficient (Wildman–Crippen LogP) is 2.04. The van der Waals surface area contributed by atoms with Crippen molar-refractivity contribution in [1.82, 2.24) is 15.1 Å². The van der Waals surface area contributed by atoms with Crippen LogP contribution in [0.3, 0.4) is 0 Å². The summed E-state index contributed by atoms with van der Waals surface area (Å²) in [7, 11) is 0. The van der Waals surface area contributed by atoms with Gasteiger partial charge >= 0.3 is 0 Å². The third kappa shape index (κ3) is 6.31. The fourth-order valence-electron chi connectivity index (χ4n) is 4.05. The molecule has 0 saturated carbocycles. The smallest absolute Gasteiger partial charge is 0.238 e. The number of carbonyl (C=O) groups excluding carboxylic acids is 2. The molecule has 1 fully saturated rings. The van der Waals surface area contributed by atoms with E-state index in [4.69, 9.17) is 0 Å². The van der Waals surface area contributed by atoms with E-state index < -0.39 is 0 Å². The largest absolute Gasteiger partial charge is 0.350 e. The van der Waals surface area contributed by atoms with Gasteiger partial charge in [-0.2, -0.15) is 0 Å². The second kappa shape index (κ2) is 9.05. The van der Waals surface area contributed by atoms with E-state index in [2.05, 4.69) is 32.6 Å². The number of nitrogens with one attached hydrogen (secondary N) is 2. The van der Waals surface area contributed by atoms with Crippen LogP contribution in [0.2, 0.25) is 0 Å². The van der Waals surface area contributed by atoms with Crippen molar-refractivity contribution in [1.29, 1.82) is 0 Å². The van der Waals surface area contributed by atoms with Crippen molar-refractivity contribution >= 4 is 17.5 Å². The summed E-state index contributed by atoms with van der Waals surface area (Å²) in [6, 6.07) is 6.28. The predicted molar refractivity (Wildman–Crippen MR) is 112 cm³/mol. The van der Waals surface area contributed by atoms with Crippen molar-refractivity contribution in [2.75, 3.05) is 44.6 Å². The highest BCUT2D eigenvalue weighted by Crippen LogP contribution is 2.24. The Balaban J connectivity index is 1.44. The van der Waals surface area contributed by atoms with Crippen LogP contribution in [0.1, 0.15) is 44.7 Å². The molecule has 2 amide bonds. The van der Waals surface area contributed by atoms with Crippen LogP contribution >= 0.6 is 0 Å². The molecular weight excluding hydrogens is 352 g/mol. The molecule has 1 heterocycles. The van der Waals surface area contributed by atoms with Crippen LogP contribution in [0, 0.1) is 0 Å². The number of rotatable bonds is 5. The molecule has 2 aliphatic rings. The minimum absolute atomic E-state index is 0.0388. The maximum atomic E-state index is 12.5. The highest BCUT2D eigenvalue weighted by atomic mass is 16.2. The summed E-state index contributed by atoms with van der Waals surface area (Å²) in [6.07, 6.45) is 4.45. The van der Waals surface area contributed by atoms with Crippen LogP contribution in [0.15, 0.2) is 18.2 Å². The molecule has 1 aliphatic heterocycles. The second-order valence-corrected chi connectivity index (χ2v) is 9.09. The van der Waals surface area contributed by atoms with E-state index in [1.54, 1.807) is 0 Å². The summed E-state index contributed by atoms with van der Waals surface area (Å²) in [5.74, 6) is 0.104. The van der Waals surface area contributed by atoms with E-state index in [-0.39, 0.29) is 17.4 Å². The minimum atomic E-state index is -0.204. The van der Waals surface area contributed by atoms with E-state index in [9.17, 15) is 9.59 Å². The molecule has 0 unspecified atom stereocenters. The Morgan fingerprint density at radius 2 is 1.54 bits per heavy atom. The monoisotopic (exact) mass is 386 g/mol. The summed E-state index contributed by atoms with van der Waals surface area (Å²) < 4.78 is 0. The highest BCUT2D eigenvalue weighted by molar-refractivity contribution is 5.92. The summed E-state index contributed by atoms with van der Waals surface area (Å²) >= 11 is 0. The van der Waals surface area contributed by atoms with Crippen molar-refractivity contribution < 1.29 is 9.59 Å². The van der Waals surface area contributed by atoms with Gasteiger partial charge in [-0.3, -0.25) is 19.4 Å². The quantitative estimate of drug-likeness (QED) is 0.813. The molecule has 28 heavy (non-hydrogen) atoms. The summed E-state index contributed by atoms with van der Waals surface area (Å²) in [4.78, 5) is 29.0. The fraction of sp³-hybridized carbons (Fsp3) is 0.636. The lowest BCUT2D eigenvalue weighted by atomic mass is 10.1. The zero-order valence-electron chi connectivity index (χ0n) is 17.5. The maximum absolute atomic E-state index is 12.5. The van der Waals surface area contributed by atoms with Crippen LogP contribution in [-0.2, 0) is 22.4 Å². The van der Waals surface area contributed by atoms with Gasteiger partial charge in [-0.05, 0) is 82.8 Å². The number of anilines is 1. The van der Waals surface area contributed by atoms with Crippen LogP contribution in [-0.4, -0.2) is 66.4 Å². The number of hydrogen-bond acceptors (Lipinski definition) is 4. The maximum Gasteiger partial charge on any atom is 0.238 e. The van der Waals surface area contributed by atoms with E-state index in [1.165, 1.54) is 17.5 Å². The fourth-order valence-corrected chi connectivity index (χ4v) is 4.05. The number of benzene rings is 1. The van der Waals surface area contributed by atoms with Crippen LogP contribution in [0.25, 0.3) is 0 Å². The minimum Gasteiger partial charge on any atom is -0.350 e. The zero-order valence-corrected chi connectivity index (χ0v) is 17.5. The molecule has 6 heteroatoms. The van der Waals surface area contributed by atoms with Crippen molar-refractivity contribution in [3.8, 4) is 0 Å². The second-order valence-electron chi connectivity index (χ2n) is 9.09. The summed E-state index contributed by atoms with van der Waals surface area (Å²) in [5, 5.41) is 6.07. The molecule has 0 spiro atoms. The Morgan fingerprint density at radius 3 is 2.21 bits per heavy atom.